The van der Waals surface area contributed by atoms with Crippen molar-refractivity contribution in [2.75, 3.05) is 6.54 Å². The van der Waals surface area contributed by atoms with E-state index in [1.54, 1.807) is 0 Å². The molecule has 1 atom stereocenters. The maximum absolute atomic E-state index is 12.8. The molecule has 0 saturated heterocycles. The Kier molecular flexibility index (Phi) is 9.76. The minimum atomic E-state index is -0.808. The first kappa shape index (κ1) is 24.3. The number of hydrogen-bond acceptors (Lipinski definition) is 4. The number of alkyl carbamates (subject to hydrolysis) is 1. The fourth-order valence-electron chi connectivity index (χ4n) is 3.94. The van der Waals surface area contributed by atoms with Crippen LogP contribution in [0.15, 0.2) is 60.7 Å². The van der Waals surface area contributed by atoms with Crippen LogP contribution < -0.4 is 16.0 Å². The number of amides is 3. The van der Waals surface area contributed by atoms with Crippen molar-refractivity contribution in [2.24, 2.45) is 0 Å². The van der Waals surface area contributed by atoms with Gasteiger partial charge in [0.15, 0.2) is 0 Å². The topological polar surface area (TPSA) is 96.5 Å². The highest BCUT2D eigenvalue weighted by atomic mass is 16.5. The highest BCUT2D eigenvalue weighted by Gasteiger charge is 2.22. The number of nitrogens with one attached hydrogen (secondary N) is 3. The van der Waals surface area contributed by atoms with Crippen LogP contribution in [0.25, 0.3) is 0 Å². The van der Waals surface area contributed by atoms with E-state index in [1.807, 2.05) is 60.7 Å². The second-order valence-electron chi connectivity index (χ2n) is 8.39. The summed E-state index contributed by atoms with van der Waals surface area (Å²) in [5.41, 5.74) is 1.77. The van der Waals surface area contributed by atoms with Crippen LogP contribution in [-0.2, 0) is 27.4 Å². The summed E-state index contributed by atoms with van der Waals surface area (Å²) in [7, 11) is 0. The van der Waals surface area contributed by atoms with Crippen LogP contribution in [-0.4, -0.2) is 36.5 Å². The average Bonchev–Trinajstić information content (AvgIpc) is 2.84. The van der Waals surface area contributed by atoms with Gasteiger partial charge in [-0.3, -0.25) is 9.59 Å². The quantitative estimate of drug-likeness (QED) is 0.515. The molecule has 0 radical (unpaired) electrons. The van der Waals surface area contributed by atoms with Gasteiger partial charge in [-0.2, -0.15) is 0 Å². The summed E-state index contributed by atoms with van der Waals surface area (Å²) < 4.78 is 5.28. The SMILES string of the molecule is O=C(CCNC(=O)C(Cc1ccccc1)NC(=O)OCc1ccccc1)NC1CCCCC1. The lowest BCUT2D eigenvalue weighted by molar-refractivity contribution is -0.124. The largest absolute Gasteiger partial charge is 0.445 e. The average molecular weight is 452 g/mol. The molecule has 1 saturated carbocycles. The first-order valence-electron chi connectivity index (χ1n) is 11.7. The van der Waals surface area contributed by atoms with Crippen LogP contribution >= 0.6 is 0 Å². The summed E-state index contributed by atoms with van der Waals surface area (Å²) in [4.78, 5) is 37.4. The van der Waals surface area contributed by atoms with E-state index in [0.29, 0.717) is 6.42 Å². The molecule has 176 valence electrons. The molecular weight excluding hydrogens is 418 g/mol. The van der Waals surface area contributed by atoms with Gasteiger partial charge < -0.3 is 20.7 Å². The minimum Gasteiger partial charge on any atom is -0.445 e. The summed E-state index contributed by atoms with van der Waals surface area (Å²) in [6.07, 6.45) is 5.43. The number of carbonyl (C=O) groups is 3. The molecule has 7 nitrogen and oxygen atoms in total. The molecule has 3 amide bonds. The Hall–Kier alpha value is -3.35. The van der Waals surface area contributed by atoms with E-state index in [1.165, 1.54) is 6.42 Å². The second kappa shape index (κ2) is 13.3. The summed E-state index contributed by atoms with van der Waals surface area (Å²) in [6, 6.07) is 18.2. The van der Waals surface area contributed by atoms with Crippen LogP contribution in [0.3, 0.4) is 0 Å². The Morgan fingerprint density at radius 1 is 0.879 bits per heavy atom. The molecule has 1 aliphatic carbocycles. The molecular formula is C26H33N3O4. The normalized spacial score (nSPS) is 14.7. The highest BCUT2D eigenvalue weighted by Crippen LogP contribution is 2.17. The predicted octanol–water partition coefficient (Wildman–Crippen LogP) is 3.48. The maximum atomic E-state index is 12.8. The van der Waals surface area contributed by atoms with E-state index >= 15 is 0 Å². The molecule has 2 aromatic carbocycles. The summed E-state index contributed by atoms with van der Waals surface area (Å²) in [5.74, 6) is -0.405. The molecule has 3 rings (SSSR count). The van der Waals surface area contributed by atoms with Crippen molar-refractivity contribution in [1.29, 1.82) is 0 Å². The third kappa shape index (κ3) is 8.96. The fourth-order valence-corrected chi connectivity index (χ4v) is 3.94. The number of hydrogen-bond donors (Lipinski definition) is 3. The number of carbonyl (C=O) groups excluding carboxylic acids is 3. The highest BCUT2D eigenvalue weighted by molar-refractivity contribution is 5.86. The molecule has 1 unspecified atom stereocenters. The van der Waals surface area contributed by atoms with Crippen molar-refractivity contribution >= 4 is 17.9 Å². The molecule has 0 aromatic heterocycles. The Balaban J connectivity index is 1.48. The number of benzene rings is 2. The van der Waals surface area contributed by atoms with E-state index < -0.39 is 12.1 Å². The third-order valence-corrected chi connectivity index (χ3v) is 5.73. The van der Waals surface area contributed by atoms with E-state index in [0.717, 1.165) is 36.8 Å². The van der Waals surface area contributed by atoms with E-state index in [4.69, 9.17) is 4.74 Å². The van der Waals surface area contributed by atoms with Crippen LogP contribution in [0.1, 0.15) is 49.7 Å². The van der Waals surface area contributed by atoms with Crippen molar-refractivity contribution in [3.8, 4) is 0 Å². The molecule has 33 heavy (non-hydrogen) atoms. The zero-order valence-electron chi connectivity index (χ0n) is 18.9. The van der Waals surface area contributed by atoms with Gasteiger partial charge in [0, 0.05) is 25.4 Å². The van der Waals surface area contributed by atoms with Gasteiger partial charge in [-0.15, -0.1) is 0 Å². The molecule has 0 bridgehead atoms. The number of rotatable bonds is 10. The summed E-state index contributed by atoms with van der Waals surface area (Å²) >= 11 is 0. The van der Waals surface area contributed by atoms with Crippen molar-refractivity contribution in [3.63, 3.8) is 0 Å². The van der Waals surface area contributed by atoms with E-state index in [2.05, 4.69) is 16.0 Å². The maximum Gasteiger partial charge on any atom is 0.408 e. The fraction of sp³-hybridized carbons (Fsp3) is 0.423. The lowest BCUT2D eigenvalue weighted by Gasteiger charge is -2.23. The Morgan fingerprint density at radius 2 is 1.52 bits per heavy atom. The molecule has 0 heterocycles. The van der Waals surface area contributed by atoms with Gasteiger partial charge in [0.05, 0.1) is 0 Å². The summed E-state index contributed by atoms with van der Waals surface area (Å²) in [5, 5.41) is 8.49. The first-order chi connectivity index (χ1) is 16.1. The van der Waals surface area contributed by atoms with Gasteiger partial charge in [0.2, 0.25) is 11.8 Å². The van der Waals surface area contributed by atoms with Crippen LogP contribution in [0.4, 0.5) is 4.79 Å². The van der Waals surface area contributed by atoms with E-state index in [-0.39, 0.29) is 37.4 Å². The molecule has 0 aliphatic heterocycles. The van der Waals surface area contributed by atoms with Gasteiger partial charge in [-0.1, -0.05) is 79.9 Å². The monoisotopic (exact) mass is 451 g/mol. The van der Waals surface area contributed by atoms with Crippen LogP contribution in [0.5, 0.6) is 0 Å². The third-order valence-electron chi connectivity index (χ3n) is 5.73. The molecule has 1 aliphatic rings. The van der Waals surface area contributed by atoms with Gasteiger partial charge in [0.1, 0.15) is 12.6 Å². The Labute approximate surface area is 195 Å². The van der Waals surface area contributed by atoms with E-state index in [9.17, 15) is 14.4 Å². The van der Waals surface area contributed by atoms with Crippen molar-refractivity contribution in [1.82, 2.24) is 16.0 Å². The zero-order valence-corrected chi connectivity index (χ0v) is 18.9. The molecule has 3 N–H and O–H groups in total. The van der Waals surface area contributed by atoms with Gasteiger partial charge >= 0.3 is 6.09 Å². The van der Waals surface area contributed by atoms with Crippen LogP contribution in [0, 0.1) is 0 Å². The van der Waals surface area contributed by atoms with Crippen molar-refractivity contribution < 1.29 is 19.1 Å². The Morgan fingerprint density at radius 3 is 2.18 bits per heavy atom. The lowest BCUT2D eigenvalue weighted by Crippen LogP contribution is -2.49. The first-order valence-corrected chi connectivity index (χ1v) is 11.7. The standard InChI is InChI=1S/C26H33N3O4/c30-24(28-22-14-8-3-9-15-22)16-17-27-25(31)23(18-20-10-4-1-5-11-20)29-26(32)33-19-21-12-6-2-7-13-21/h1-2,4-7,10-13,22-23H,3,8-9,14-19H2,(H,27,31)(H,28,30)(H,29,32). The Bertz CT molecular complexity index is 883. The second-order valence-corrected chi connectivity index (χ2v) is 8.39. The van der Waals surface area contributed by atoms with Crippen molar-refractivity contribution in [3.05, 3.63) is 71.8 Å². The minimum absolute atomic E-state index is 0.0583. The molecule has 0 spiro atoms. The van der Waals surface area contributed by atoms with Gasteiger partial charge in [-0.25, -0.2) is 4.79 Å². The smallest absolute Gasteiger partial charge is 0.408 e. The van der Waals surface area contributed by atoms with Gasteiger partial charge in [0.25, 0.3) is 0 Å². The van der Waals surface area contributed by atoms with Crippen LogP contribution in [0.2, 0.25) is 0 Å². The van der Waals surface area contributed by atoms with Gasteiger partial charge in [-0.05, 0) is 24.0 Å². The molecule has 7 heteroatoms. The summed E-state index contributed by atoms with van der Waals surface area (Å²) in [6.45, 7) is 0.330. The predicted molar refractivity (Wildman–Crippen MR) is 126 cm³/mol. The lowest BCUT2D eigenvalue weighted by atomic mass is 9.95. The van der Waals surface area contributed by atoms with Crippen molar-refractivity contribution in [2.45, 2.75) is 63.6 Å². The molecule has 2 aromatic rings. The molecule has 1 fully saturated rings. The number of ether oxygens (including phenoxy) is 1. The zero-order chi connectivity index (χ0) is 23.3.